The van der Waals surface area contributed by atoms with E-state index in [9.17, 15) is 8.42 Å². The minimum absolute atomic E-state index is 0.144. The number of rotatable bonds is 3. The van der Waals surface area contributed by atoms with Gasteiger partial charge in [-0.05, 0) is 19.8 Å². The minimum Gasteiger partial charge on any atom is -0.378 e. The number of sulfonamides is 1. The molecule has 0 aromatic rings. The maximum absolute atomic E-state index is 11.5. The van der Waals surface area contributed by atoms with Gasteiger partial charge in [0.1, 0.15) is 5.25 Å². The SMILES string of the molecule is CC1(NS(=O)(=O)C2COC2)CC1. The second-order valence-corrected chi connectivity index (χ2v) is 5.83. The van der Waals surface area contributed by atoms with Crippen LogP contribution in [0.3, 0.4) is 0 Å². The summed E-state index contributed by atoms with van der Waals surface area (Å²) in [5, 5.41) is -0.310. The van der Waals surface area contributed by atoms with Gasteiger partial charge in [-0.15, -0.1) is 0 Å². The summed E-state index contributed by atoms with van der Waals surface area (Å²) < 4.78 is 30.5. The molecule has 2 aliphatic rings. The molecule has 2 rings (SSSR count). The van der Waals surface area contributed by atoms with Crippen LogP contribution in [0.1, 0.15) is 19.8 Å². The van der Waals surface area contributed by atoms with Gasteiger partial charge in [0.15, 0.2) is 0 Å². The molecule has 0 bridgehead atoms. The van der Waals surface area contributed by atoms with Crippen molar-refractivity contribution in [1.82, 2.24) is 4.72 Å². The van der Waals surface area contributed by atoms with Crippen LogP contribution in [-0.4, -0.2) is 32.4 Å². The van der Waals surface area contributed by atoms with E-state index in [4.69, 9.17) is 4.74 Å². The predicted octanol–water partition coefficient (Wildman–Crippen LogP) is -0.143. The first kappa shape index (κ1) is 8.47. The van der Waals surface area contributed by atoms with Crippen molar-refractivity contribution in [3.63, 3.8) is 0 Å². The Balaban J connectivity index is 2.00. The molecule has 0 radical (unpaired) electrons. The van der Waals surface area contributed by atoms with E-state index in [-0.39, 0.29) is 10.8 Å². The third-order valence-corrected chi connectivity index (χ3v) is 4.36. The maximum Gasteiger partial charge on any atom is 0.219 e. The number of hydrogen-bond donors (Lipinski definition) is 1. The largest absolute Gasteiger partial charge is 0.378 e. The van der Waals surface area contributed by atoms with Crippen LogP contribution in [0.2, 0.25) is 0 Å². The lowest BCUT2D eigenvalue weighted by atomic mass is 10.4. The zero-order valence-electron chi connectivity index (χ0n) is 7.04. The van der Waals surface area contributed by atoms with E-state index in [0.717, 1.165) is 12.8 Å². The van der Waals surface area contributed by atoms with Crippen molar-refractivity contribution in [1.29, 1.82) is 0 Å². The molecular formula is C7H13NO3S. The fourth-order valence-electron chi connectivity index (χ4n) is 1.11. The third kappa shape index (κ3) is 1.48. The molecule has 0 aromatic carbocycles. The van der Waals surface area contributed by atoms with Crippen molar-refractivity contribution >= 4 is 10.0 Å². The van der Waals surface area contributed by atoms with E-state index >= 15 is 0 Å². The van der Waals surface area contributed by atoms with Crippen LogP contribution in [0.5, 0.6) is 0 Å². The van der Waals surface area contributed by atoms with Crippen LogP contribution < -0.4 is 4.72 Å². The second kappa shape index (κ2) is 2.43. The molecule has 12 heavy (non-hydrogen) atoms. The minimum atomic E-state index is -3.09. The molecule has 1 heterocycles. The summed E-state index contributed by atoms with van der Waals surface area (Å²) in [5.74, 6) is 0. The number of ether oxygens (including phenoxy) is 1. The molecule has 1 N–H and O–H groups in total. The average molecular weight is 191 g/mol. The Morgan fingerprint density at radius 2 is 2.00 bits per heavy atom. The molecule has 1 aliphatic heterocycles. The van der Waals surface area contributed by atoms with Crippen molar-refractivity contribution in [2.75, 3.05) is 13.2 Å². The zero-order valence-corrected chi connectivity index (χ0v) is 7.86. The van der Waals surface area contributed by atoms with Gasteiger partial charge in [-0.3, -0.25) is 0 Å². The Hall–Kier alpha value is -0.130. The highest BCUT2D eigenvalue weighted by Crippen LogP contribution is 2.35. The molecule has 0 amide bonds. The van der Waals surface area contributed by atoms with Gasteiger partial charge in [0.05, 0.1) is 13.2 Å². The lowest BCUT2D eigenvalue weighted by Gasteiger charge is -2.27. The van der Waals surface area contributed by atoms with Crippen LogP contribution in [0.4, 0.5) is 0 Å². The topological polar surface area (TPSA) is 55.4 Å². The molecule has 1 saturated carbocycles. The van der Waals surface area contributed by atoms with Crippen molar-refractivity contribution in [3.8, 4) is 0 Å². The second-order valence-electron chi connectivity index (χ2n) is 3.87. The van der Waals surface area contributed by atoms with Gasteiger partial charge < -0.3 is 4.74 Å². The lowest BCUT2D eigenvalue weighted by Crippen LogP contribution is -2.49. The summed E-state index contributed by atoms with van der Waals surface area (Å²) in [6.07, 6.45) is 1.92. The Morgan fingerprint density at radius 3 is 2.33 bits per heavy atom. The summed E-state index contributed by atoms with van der Waals surface area (Å²) >= 11 is 0. The average Bonchev–Trinajstić information content (AvgIpc) is 2.37. The fraction of sp³-hybridized carbons (Fsp3) is 1.00. The summed E-state index contributed by atoms with van der Waals surface area (Å²) in [6, 6.07) is 0. The molecule has 70 valence electrons. The van der Waals surface area contributed by atoms with Gasteiger partial charge in [-0.25, -0.2) is 13.1 Å². The predicted molar refractivity (Wildman–Crippen MR) is 44.3 cm³/mol. The fourth-order valence-corrected chi connectivity index (χ4v) is 2.72. The Morgan fingerprint density at radius 1 is 1.42 bits per heavy atom. The van der Waals surface area contributed by atoms with Crippen molar-refractivity contribution in [2.24, 2.45) is 0 Å². The highest BCUT2D eigenvalue weighted by atomic mass is 32.2. The van der Waals surface area contributed by atoms with E-state index in [0.29, 0.717) is 13.2 Å². The Labute approximate surface area is 72.3 Å². The molecule has 5 heteroatoms. The van der Waals surface area contributed by atoms with Crippen molar-refractivity contribution in [3.05, 3.63) is 0 Å². The molecule has 2 fully saturated rings. The first-order valence-electron chi connectivity index (χ1n) is 4.12. The van der Waals surface area contributed by atoms with Crippen LogP contribution in [0, 0.1) is 0 Å². The van der Waals surface area contributed by atoms with Crippen LogP contribution in [0.25, 0.3) is 0 Å². The third-order valence-electron chi connectivity index (χ3n) is 2.43. The monoisotopic (exact) mass is 191 g/mol. The molecule has 1 aliphatic carbocycles. The molecule has 0 atom stereocenters. The zero-order chi connectivity index (χ0) is 8.82. The number of hydrogen-bond acceptors (Lipinski definition) is 3. The normalized spacial score (nSPS) is 28.1. The number of nitrogens with one attached hydrogen (secondary N) is 1. The quantitative estimate of drug-likeness (QED) is 0.675. The van der Waals surface area contributed by atoms with E-state index in [1.165, 1.54) is 0 Å². The van der Waals surface area contributed by atoms with Crippen molar-refractivity contribution in [2.45, 2.75) is 30.6 Å². The molecular weight excluding hydrogens is 178 g/mol. The van der Waals surface area contributed by atoms with Crippen LogP contribution >= 0.6 is 0 Å². The summed E-state index contributed by atoms with van der Waals surface area (Å²) in [6.45, 7) is 2.64. The van der Waals surface area contributed by atoms with Gasteiger partial charge in [0.2, 0.25) is 10.0 Å². The van der Waals surface area contributed by atoms with Crippen LogP contribution in [0.15, 0.2) is 0 Å². The van der Waals surface area contributed by atoms with Gasteiger partial charge in [0, 0.05) is 5.54 Å². The standard InChI is InChI=1S/C7H13NO3S/c1-7(2-3-7)8-12(9,10)6-4-11-5-6/h6,8H,2-5H2,1H3. The summed E-state index contributed by atoms with van der Waals surface area (Å²) in [7, 11) is -3.09. The molecule has 1 saturated heterocycles. The highest BCUT2D eigenvalue weighted by Gasteiger charge is 2.44. The smallest absolute Gasteiger partial charge is 0.219 e. The Bertz CT molecular complexity index is 277. The Kier molecular flexibility index (Phi) is 1.72. The van der Waals surface area contributed by atoms with Gasteiger partial charge >= 0.3 is 0 Å². The van der Waals surface area contributed by atoms with Crippen molar-refractivity contribution < 1.29 is 13.2 Å². The maximum atomic E-state index is 11.5. The van der Waals surface area contributed by atoms with E-state index < -0.39 is 10.0 Å². The first-order valence-corrected chi connectivity index (χ1v) is 5.67. The van der Waals surface area contributed by atoms with Gasteiger partial charge in [-0.1, -0.05) is 0 Å². The molecule has 0 aromatic heterocycles. The highest BCUT2D eigenvalue weighted by molar-refractivity contribution is 7.90. The van der Waals surface area contributed by atoms with E-state index in [1.54, 1.807) is 0 Å². The molecule has 4 nitrogen and oxygen atoms in total. The van der Waals surface area contributed by atoms with Crippen LogP contribution in [-0.2, 0) is 14.8 Å². The van der Waals surface area contributed by atoms with E-state index in [1.807, 2.05) is 6.92 Å². The van der Waals surface area contributed by atoms with Gasteiger partial charge in [0.25, 0.3) is 0 Å². The first-order chi connectivity index (χ1) is 5.52. The molecule has 0 spiro atoms. The summed E-state index contributed by atoms with van der Waals surface area (Å²) in [4.78, 5) is 0. The lowest BCUT2D eigenvalue weighted by molar-refractivity contribution is 0.0409. The molecule has 0 unspecified atom stereocenters. The van der Waals surface area contributed by atoms with Gasteiger partial charge in [-0.2, -0.15) is 0 Å². The van der Waals surface area contributed by atoms with E-state index in [2.05, 4.69) is 4.72 Å². The summed E-state index contributed by atoms with van der Waals surface area (Å²) in [5.41, 5.74) is -0.144.